The summed E-state index contributed by atoms with van der Waals surface area (Å²) in [5.74, 6) is 0.0121. The van der Waals surface area contributed by atoms with Crippen molar-refractivity contribution < 1.29 is 14.4 Å². The second-order valence-electron chi connectivity index (χ2n) is 8.72. The monoisotopic (exact) mass is 412 g/mol. The minimum atomic E-state index is -0.111. The summed E-state index contributed by atoms with van der Waals surface area (Å²) in [5, 5.41) is 2.97. The molecule has 1 aromatic carbocycles. The zero-order valence-corrected chi connectivity index (χ0v) is 17.6. The third kappa shape index (κ3) is 4.77. The van der Waals surface area contributed by atoms with Crippen LogP contribution >= 0.6 is 0 Å². The third-order valence-electron chi connectivity index (χ3n) is 6.64. The topological polar surface area (TPSA) is 73.0 Å². The molecule has 3 aliphatic heterocycles. The molecular weight excluding hydrogens is 380 g/mol. The van der Waals surface area contributed by atoms with Gasteiger partial charge in [-0.15, -0.1) is 0 Å². The van der Waals surface area contributed by atoms with Crippen LogP contribution in [-0.2, 0) is 9.59 Å². The highest BCUT2D eigenvalue weighted by molar-refractivity contribution is 5.92. The molecule has 1 N–H and O–H groups in total. The van der Waals surface area contributed by atoms with Crippen LogP contribution in [0.5, 0.6) is 0 Å². The van der Waals surface area contributed by atoms with E-state index >= 15 is 0 Å². The van der Waals surface area contributed by atoms with Gasteiger partial charge in [0.05, 0.1) is 5.92 Å². The molecule has 0 aliphatic carbocycles. The first-order valence-corrected chi connectivity index (χ1v) is 11.3. The van der Waals surface area contributed by atoms with E-state index in [2.05, 4.69) is 5.32 Å². The molecule has 4 amide bonds. The van der Waals surface area contributed by atoms with E-state index in [0.29, 0.717) is 32.5 Å². The highest BCUT2D eigenvalue weighted by Crippen LogP contribution is 2.25. The Morgan fingerprint density at radius 1 is 0.733 bits per heavy atom. The van der Waals surface area contributed by atoms with Gasteiger partial charge in [-0.1, -0.05) is 18.2 Å². The summed E-state index contributed by atoms with van der Waals surface area (Å²) in [4.78, 5) is 44.0. The molecule has 162 valence electrons. The van der Waals surface area contributed by atoms with Crippen LogP contribution in [0, 0.1) is 11.8 Å². The van der Waals surface area contributed by atoms with E-state index in [1.165, 1.54) is 0 Å². The number of nitrogens with zero attached hydrogens (tertiary/aromatic N) is 3. The Hall–Kier alpha value is -2.57. The maximum absolute atomic E-state index is 13.1. The predicted molar refractivity (Wildman–Crippen MR) is 115 cm³/mol. The summed E-state index contributed by atoms with van der Waals surface area (Å²) < 4.78 is 0. The number of hydrogen-bond acceptors (Lipinski definition) is 3. The number of carbonyl (C=O) groups is 3. The summed E-state index contributed by atoms with van der Waals surface area (Å²) in [6.45, 7) is 4.19. The minimum Gasteiger partial charge on any atom is -0.342 e. The van der Waals surface area contributed by atoms with Crippen molar-refractivity contribution in [1.82, 2.24) is 14.7 Å². The molecule has 0 bridgehead atoms. The van der Waals surface area contributed by atoms with Gasteiger partial charge in [0.25, 0.3) is 0 Å². The number of anilines is 1. The van der Waals surface area contributed by atoms with E-state index in [4.69, 9.17) is 0 Å². The highest BCUT2D eigenvalue weighted by Gasteiger charge is 2.35. The van der Waals surface area contributed by atoms with Crippen molar-refractivity contribution in [2.75, 3.05) is 44.6 Å². The average Bonchev–Trinajstić information content (AvgIpc) is 3.34. The van der Waals surface area contributed by atoms with Crippen molar-refractivity contribution >= 4 is 23.5 Å². The van der Waals surface area contributed by atoms with Gasteiger partial charge in [-0.2, -0.15) is 0 Å². The molecule has 0 spiro atoms. The van der Waals surface area contributed by atoms with E-state index in [0.717, 1.165) is 51.0 Å². The maximum Gasteiger partial charge on any atom is 0.320 e. The van der Waals surface area contributed by atoms with Crippen LogP contribution in [0.25, 0.3) is 0 Å². The number of nitrogens with one attached hydrogen (secondary N) is 1. The summed E-state index contributed by atoms with van der Waals surface area (Å²) in [5.41, 5.74) is 0.811. The normalized spacial score (nSPS) is 22.8. The standard InChI is InChI=1S/C23H32N4O3/c28-21(24-20-8-2-1-3-9-20)18-10-15-25(16-11-18)22(29)19-7-6-14-27(17-19)23(30)26-12-4-5-13-26/h1-3,8-9,18-19H,4-7,10-17H2,(H,24,28)/t19-/m1/s1. The van der Waals surface area contributed by atoms with Crippen molar-refractivity contribution in [1.29, 1.82) is 0 Å². The van der Waals surface area contributed by atoms with Crippen LogP contribution in [0.4, 0.5) is 10.5 Å². The zero-order chi connectivity index (χ0) is 20.9. The largest absolute Gasteiger partial charge is 0.342 e. The third-order valence-corrected chi connectivity index (χ3v) is 6.64. The second-order valence-corrected chi connectivity index (χ2v) is 8.72. The molecule has 4 rings (SSSR count). The van der Waals surface area contributed by atoms with Gasteiger partial charge in [0.1, 0.15) is 0 Å². The van der Waals surface area contributed by atoms with Crippen LogP contribution in [0.1, 0.15) is 38.5 Å². The lowest BCUT2D eigenvalue weighted by atomic mass is 9.92. The van der Waals surface area contributed by atoms with E-state index in [9.17, 15) is 14.4 Å². The molecule has 0 aromatic heterocycles. The first-order valence-electron chi connectivity index (χ1n) is 11.3. The number of likely N-dealkylation sites (tertiary alicyclic amines) is 3. The zero-order valence-electron chi connectivity index (χ0n) is 17.6. The molecule has 3 fully saturated rings. The van der Waals surface area contributed by atoms with E-state index in [1.54, 1.807) is 0 Å². The second kappa shape index (κ2) is 9.49. The molecular formula is C23H32N4O3. The van der Waals surface area contributed by atoms with Crippen molar-refractivity contribution in [3.05, 3.63) is 30.3 Å². The lowest BCUT2D eigenvalue weighted by Crippen LogP contribution is -2.51. The number of urea groups is 1. The van der Waals surface area contributed by atoms with E-state index in [1.807, 2.05) is 45.0 Å². The molecule has 3 saturated heterocycles. The first kappa shape index (κ1) is 20.7. The molecule has 0 radical (unpaired) electrons. The summed E-state index contributed by atoms with van der Waals surface area (Å²) in [7, 11) is 0. The molecule has 3 heterocycles. The molecule has 3 aliphatic rings. The van der Waals surface area contributed by atoms with Gasteiger partial charge in [-0.25, -0.2) is 4.79 Å². The van der Waals surface area contributed by atoms with E-state index < -0.39 is 0 Å². The fourth-order valence-corrected chi connectivity index (χ4v) is 4.85. The molecule has 0 saturated carbocycles. The van der Waals surface area contributed by atoms with Crippen LogP contribution in [-0.4, -0.2) is 71.8 Å². The number of para-hydroxylation sites is 1. The van der Waals surface area contributed by atoms with Crippen LogP contribution in [0.2, 0.25) is 0 Å². The average molecular weight is 413 g/mol. The number of hydrogen-bond donors (Lipinski definition) is 1. The van der Waals surface area contributed by atoms with Crippen LogP contribution in [0.15, 0.2) is 30.3 Å². The number of piperidine rings is 2. The number of amides is 4. The SMILES string of the molecule is O=C(Nc1ccccc1)C1CCN(C(=O)[C@@H]2CCCN(C(=O)N3CCCC3)C2)CC1. The Morgan fingerprint density at radius 2 is 1.40 bits per heavy atom. The molecule has 1 aromatic rings. The highest BCUT2D eigenvalue weighted by atomic mass is 16.2. The lowest BCUT2D eigenvalue weighted by molar-refractivity contribution is -0.139. The minimum absolute atomic E-state index is 0.0355. The molecule has 7 heteroatoms. The Kier molecular flexibility index (Phi) is 6.55. The van der Waals surface area contributed by atoms with Crippen LogP contribution in [0.3, 0.4) is 0 Å². The van der Waals surface area contributed by atoms with Crippen molar-refractivity contribution in [3.8, 4) is 0 Å². The Balaban J connectivity index is 1.26. The van der Waals surface area contributed by atoms with E-state index in [-0.39, 0.29) is 29.7 Å². The Morgan fingerprint density at radius 3 is 2.10 bits per heavy atom. The van der Waals surface area contributed by atoms with Crippen molar-refractivity contribution in [2.45, 2.75) is 38.5 Å². The smallest absolute Gasteiger partial charge is 0.320 e. The summed E-state index contributed by atoms with van der Waals surface area (Å²) in [6, 6.07) is 9.59. The van der Waals surface area contributed by atoms with Gasteiger partial charge in [0.15, 0.2) is 0 Å². The van der Waals surface area contributed by atoms with Gasteiger partial charge in [0.2, 0.25) is 11.8 Å². The van der Waals surface area contributed by atoms with Gasteiger partial charge in [-0.3, -0.25) is 9.59 Å². The predicted octanol–water partition coefficient (Wildman–Crippen LogP) is 2.79. The fourth-order valence-electron chi connectivity index (χ4n) is 4.85. The molecule has 0 unspecified atom stereocenters. The summed E-state index contributed by atoms with van der Waals surface area (Å²) >= 11 is 0. The summed E-state index contributed by atoms with van der Waals surface area (Å²) in [6.07, 6.45) is 5.26. The first-order chi connectivity index (χ1) is 14.6. The van der Waals surface area contributed by atoms with Crippen LogP contribution < -0.4 is 5.32 Å². The van der Waals surface area contributed by atoms with Gasteiger partial charge in [0, 0.05) is 50.9 Å². The van der Waals surface area contributed by atoms with Gasteiger partial charge < -0.3 is 20.0 Å². The number of rotatable bonds is 3. The molecule has 30 heavy (non-hydrogen) atoms. The number of carbonyl (C=O) groups excluding carboxylic acids is 3. The molecule has 7 nitrogen and oxygen atoms in total. The molecule has 1 atom stereocenters. The Labute approximate surface area is 178 Å². The fraction of sp³-hybridized carbons (Fsp3) is 0.609. The van der Waals surface area contributed by atoms with Gasteiger partial charge in [-0.05, 0) is 50.7 Å². The number of benzene rings is 1. The Bertz CT molecular complexity index is 755. The van der Waals surface area contributed by atoms with Crippen molar-refractivity contribution in [3.63, 3.8) is 0 Å². The lowest BCUT2D eigenvalue weighted by Gasteiger charge is -2.38. The van der Waals surface area contributed by atoms with Gasteiger partial charge >= 0.3 is 6.03 Å². The maximum atomic E-state index is 13.1. The van der Waals surface area contributed by atoms with Crippen molar-refractivity contribution in [2.24, 2.45) is 11.8 Å². The quantitative estimate of drug-likeness (QED) is 0.830.